The molecule has 17 heavy (non-hydrogen) atoms. The highest BCUT2D eigenvalue weighted by atomic mass is 16.5. The minimum Gasteiger partial charge on any atom is -0.463 e. The Morgan fingerprint density at radius 2 is 2.00 bits per heavy atom. The summed E-state index contributed by atoms with van der Waals surface area (Å²) >= 11 is 0. The summed E-state index contributed by atoms with van der Waals surface area (Å²) in [5, 5.41) is 9.76. The first-order valence-corrected chi connectivity index (χ1v) is 6.12. The zero-order valence-electron chi connectivity index (χ0n) is 10.3. The lowest BCUT2D eigenvalue weighted by Gasteiger charge is -2.11. The number of hydrogen-bond acceptors (Lipinski definition) is 3. The zero-order valence-corrected chi connectivity index (χ0v) is 10.3. The fraction of sp³-hybridized carbons (Fsp3) is 0.500. The summed E-state index contributed by atoms with van der Waals surface area (Å²) in [4.78, 5) is 11.3. The molecule has 1 atom stereocenters. The molecule has 0 spiro atoms. The zero-order chi connectivity index (χ0) is 12.5. The Morgan fingerprint density at radius 3 is 2.65 bits per heavy atom. The number of carbonyl (C=O) groups is 1. The van der Waals surface area contributed by atoms with Gasteiger partial charge in [-0.05, 0) is 12.0 Å². The summed E-state index contributed by atoms with van der Waals surface area (Å²) in [6.07, 6.45) is 2.69. The number of rotatable bonds is 7. The van der Waals surface area contributed by atoms with Crippen molar-refractivity contribution in [2.24, 2.45) is 0 Å². The molecule has 3 heteroatoms. The Kier molecular flexibility index (Phi) is 6.33. The molecule has 1 unspecified atom stereocenters. The molecule has 1 aromatic rings. The van der Waals surface area contributed by atoms with Gasteiger partial charge in [-0.1, -0.05) is 50.1 Å². The van der Waals surface area contributed by atoms with Crippen molar-refractivity contribution in [2.75, 3.05) is 6.61 Å². The van der Waals surface area contributed by atoms with E-state index in [1.807, 2.05) is 30.3 Å². The first-order valence-electron chi connectivity index (χ1n) is 6.12. The maximum Gasteiger partial charge on any atom is 0.305 e. The van der Waals surface area contributed by atoms with E-state index in [1.54, 1.807) is 0 Å². The average molecular weight is 236 g/mol. The predicted molar refractivity (Wildman–Crippen MR) is 66.5 cm³/mol. The second kappa shape index (κ2) is 7.85. The van der Waals surface area contributed by atoms with Crippen LogP contribution in [0.3, 0.4) is 0 Å². The van der Waals surface area contributed by atoms with Crippen molar-refractivity contribution in [2.45, 2.75) is 38.7 Å². The number of hydrogen-bond donors (Lipinski definition) is 1. The van der Waals surface area contributed by atoms with E-state index >= 15 is 0 Å². The number of unbranched alkanes of at least 4 members (excludes halogenated alkanes) is 2. The topological polar surface area (TPSA) is 46.5 Å². The standard InChI is InChI=1S/C14H20O3/c1-2-3-5-10-14(16)17-11-13(15)12-8-6-4-7-9-12/h4,6-9,13,15H,2-3,5,10-11H2,1H3. The second-order valence-corrected chi connectivity index (χ2v) is 4.07. The van der Waals surface area contributed by atoms with Gasteiger partial charge in [-0.3, -0.25) is 4.79 Å². The summed E-state index contributed by atoms with van der Waals surface area (Å²) in [5.74, 6) is -0.228. The molecule has 1 N–H and O–H groups in total. The van der Waals surface area contributed by atoms with Crippen LogP contribution in [-0.2, 0) is 9.53 Å². The molecule has 0 aliphatic rings. The molecule has 1 rings (SSSR count). The van der Waals surface area contributed by atoms with E-state index in [0.717, 1.165) is 24.8 Å². The number of benzene rings is 1. The number of aliphatic hydroxyl groups is 1. The molecule has 0 fully saturated rings. The first-order chi connectivity index (χ1) is 8.24. The normalized spacial score (nSPS) is 12.1. The van der Waals surface area contributed by atoms with Crippen LogP contribution in [0.25, 0.3) is 0 Å². The summed E-state index contributed by atoms with van der Waals surface area (Å²) in [6, 6.07) is 9.21. The van der Waals surface area contributed by atoms with E-state index in [2.05, 4.69) is 6.92 Å². The highest BCUT2D eigenvalue weighted by molar-refractivity contribution is 5.69. The minimum absolute atomic E-state index is 0.0367. The Balaban J connectivity index is 2.24. The van der Waals surface area contributed by atoms with Crippen LogP contribution >= 0.6 is 0 Å². The van der Waals surface area contributed by atoms with E-state index in [9.17, 15) is 9.90 Å². The molecule has 0 saturated heterocycles. The van der Waals surface area contributed by atoms with Crippen molar-refractivity contribution in [1.82, 2.24) is 0 Å². The van der Waals surface area contributed by atoms with Crippen molar-refractivity contribution in [3.63, 3.8) is 0 Å². The lowest BCUT2D eigenvalue weighted by molar-refractivity contribution is -0.146. The van der Waals surface area contributed by atoms with Crippen molar-refractivity contribution < 1.29 is 14.6 Å². The molecular formula is C14H20O3. The van der Waals surface area contributed by atoms with Gasteiger partial charge in [-0.15, -0.1) is 0 Å². The molecule has 1 aromatic carbocycles. The molecule has 0 heterocycles. The fourth-order valence-electron chi connectivity index (χ4n) is 1.53. The quantitative estimate of drug-likeness (QED) is 0.585. The van der Waals surface area contributed by atoms with Crippen molar-refractivity contribution in [1.29, 1.82) is 0 Å². The van der Waals surface area contributed by atoms with Crippen LogP contribution in [0, 0.1) is 0 Å². The Bertz CT molecular complexity index is 321. The first kappa shape index (κ1) is 13.7. The van der Waals surface area contributed by atoms with Crippen molar-refractivity contribution in [3.05, 3.63) is 35.9 Å². The molecule has 94 valence electrons. The SMILES string of the molecule is CCCCCC(=O)OCC(O)c1ccccc1. The summed E-state index contributed by atoms with van der Waals surface area (Å²) in [7, 11) is 0. The van der Waals surface area contributed by atoms with E-state index in [0.29, 0.717) is 6.42 Å². The van der Waals surface area contributed by atoms with E-state index in [4.69, 9.17) is 4.74 Å². The van der Waals surface area contributed by atoms with E-state index in [-0.39, 0.29) is 12.6 Å². The highest BCUT2D eigenvalue weighted by Crippen LogP contribution is 2.12. The molecule has 0 amide bonds. The summed E-state index contributed by atoms with van der Waals surface area (Å²) in [5.41, 5.74) is 0.772. The van der Waals surface area contributed by atoms with Gasteiger partial charge in [0.2, 0.25) is 0 Å². The van der Waals surface area contributed by atoms with Crippen LogP contribution in [0.2, 0.25) is 0 Å². The van der Waals surface area contributed by atoms with Crippen molar-refractivity contribution in [3.8, 4) is 0 Å². The minimum atomic E-state index is -0.730. The summed E-state index contributed by atoms with van der Waals surface area (Å²) in [6.45, 7) is 2.12. The van der Waals surface area contributed by atoms with Crippen LogP contribution in [0.4, 0.5) is 0 Å². The Labute approximate surface area is 102 Å². The monoisotopic (exact) mass is 236 g/mol. The maximum atomic E-state index is 11.3. The van der Waals surface area contributed by atoms with Gasteiger partial charge in [0, 0.05) is 6.42 Å². The van der Waals surface area contributed by atoms with Gasteiger partial charge in [-0.25, -0.2) is 0 Å². The van der Waals surface area contributed by atoms with E-state index in [1.165, 1.54) is 0 Å². The van der Waals surface area contributed by atoms with Gasteiger partial charge in [0.15, 0.2) is 0 Å². The molecule has 0 bridgehead atoms. The Morgan fingerprint density at radius 1 is 1.29 bits per heavy atom. The van der Waals surface area contributed by atoms with Gasteiger partial charge < -0.3 is 9.84 Å². The molecule has 0 aliphatic carbocycles. The summed E-state index contributed by atoms with van der Waals surface area (Å²) < 4.78 is 5.02. The smallest absolute Gasteiger partial charge is 0.305 e. The average Bonchev–Trinajstić information content (AvgIpc) is 2.37. The van der Waals surface area contributed by atoms with Crippen LogP contribution in [0.5, 0.6) is 0 Å². The fourth-order valence-corrected chi connectivity index (χ4v) is 1.53. The maximum absolute atomic E-state index is 11.3. The van der Waals surface area contributed by atoms with Gasteiger partial charge in [0.05, 0.1) is 0 Å². The molecular weight excluding hydrogens is 216 g/mol. The van der Waals surface area contributed by atoms with E-state index < -0.39 is 6.10 Å². The Hall–Kier alpha value is -1.35. The lowest BCUT2D eigenvalue weighted by atomic mass is 10.1. The molecule has 0 aromatic heterocycles. The molecule has 0 aliphatic heterocycles. The second-order valence-electron chi connectivity index (χ2n) is 4.07. The third-order valence-electron chi connectivity index (χ3n) is 2.57. The van der Waals surface area contributed by atoms with Crippen LogP contribution < -0.4 is 0 Å². The lowest BCUT2D eigenvalue weighted by Crippen LogP contribution is -2.12. The van der Waals surface area contributed by atoms with Crippen molar-refractivity contribution >= 4 is 5.97 Å². The molecule has 3 nitrogen and oxygen atoms in total. The van der Waals surface area contributed by atoms with Gasteiger partial charge >= 0.3 is 5.97 Å². The molecule has 0 saturated carbocycles. The highest BCUT2D eigenvalue weighted by Gasteiger charge is 2.10. The largest absolute Gasteiger partial charge is 0.463 e. The van der Waals surface area contributed by atoms with Crippen LogP contribution in [0.1, 0.15) is 44.3 Å². The van der Waals surface area contributed by atoms with Gasteiger partial charge in [0.25, 0.3) is 0 Å². The third-order valence-corrected chi connectivity index (χ3v) is 2.57. The number of aliphatic hydroxyl groups excluding tert-OH is 1. The third kappa shape index (κ3) is 5.50. The molecule has 0 radical (unpaired) electrons. The predicted octanol–water partition coefficient (Wildman–Crippen LogP) is 2.84. The van der Waals surface area contributed by atoms with Crippen LogP contribution in [-0.4, -0.2) is 17.7 Å². The number of esters is 1. The van der Waals surface area contributed by atoms with Gasteiger partial charge in [0.1, 0.15) is 12.7 Å². The van der Waals surface area contributed by atoms with Gasteiger partial charge in [-0.2, -0.15) is 0 Å². The number of ether oxygens (including phenoxy) is 1. The number of carbonyl (C=O) groups excluding carboxylic acids is 1. The van der Waals surface area contributed by atoms with Crippen LogP contribution in [0.15, 0.2) is 30.3 Å².